The lowest BCUT2D eigenvalue weighted by Gasteiger charge is -2.30. The maximum absolute atomic E-state index is 12.3. The van der Waals surface area contributed by atoms with Crippen molar-refractivity contribution in [2.24, 2.45) is 0 Å². The molecule has 0 bridgehead atoms. The molecule has 0 saturated heterocycles. The first-order valence-electron chi connectivity index (χ1n) is 6.15. The predicted octanol–water partition coefficient (Wildman–Crippen LogP) is 2.17. The maximum Gasteiger partial charge on any atom is 0.319 e. The summed E-state index contributed by atoms with van der Waals surface area (Å²) < 4.78 is 0.900. The molecule has 0 fully saturated rings. The van der Waals surface area contributed by atoms with Crippen molar-refractivity contribution in [1.29, 1.82) is 0 Å². The molecule has 0 radical (unpaired) electrons. The number of nitrogens with zero attached hydrogens (tertiary/aromatic N) is 1. The normalized spacial score (nSPS) is 18.4. The first-order valence-corrected chi connectivity index (χ1v) is 6.95. The molecule has 1 aromatic rings. The highest BCUT2D eigenvalue weighted by Crippen LogP contribution is 2.29. The number of hydrogen-bond acceptors (Lipinski definition) is 2. The first-order chi connectivity index (χ1) is 9.40. The molecule has 1 atom stereocenters. The van der Waals surface area contributed by atoms with Gasteiger partial charge in [-0.3, -0.25) is 4.79 Å². The molecule has 0 spiro atoms. The Balaban J connectivity index is 2.50. The fraction of sp³-hybridized carbons (Fsp3) is 0.286. The van der Waals surface area contributed by atoms with Gasteiger partial charge < -0.3 is 15.5 Å². The Kier molecular flexibility index (Phi) is 4.13. The number of benzene rings is 1. The van der Waals surface area contributed by atoms with Gasteiger partial charge in [-0.2, -0.15) is 0 Å². The summed E-state index contributed by atoms with van der Waals surface area (Å²) in [5.41, 5.74) is 1.99. The number of urea groups is 1. The highest BCUT2D eigenvalue weighted by molar-refractivity contribution is 9.10. The van der Waals surface area contributed by atoms with Crippen LogP contribution in [0.2, 0.25) is 0 Å². The second-order valence-electron chi connectivity index (χ2n) is 4.82. The van der Waals surface area contributed by atoms with E-state index in [2.05, 4.69) is 26.6 Å². The second kappa shape index (κ2) is 5.66. The molecule has 2 N–H and O–H groups in total. The van der Waals surface area contributed by atoms with Gasteiger partial charge in [-0.25, -0.2) is 4.79 Å². The van der Waals surface area contributed by atoms with Crippen LogP contribution in [0.3, 0.4) is 0 Å². The molecule has 1 heterocycles. The lowest BCUT2D eigenvalue weighted by molar-refractivity contribution is -0.125. The summed E-state index contributed by atoms with van der Waals surface area (Å²) in [6.07, 6.45) is 0. The van der Waals surface area contributed by atoms with Gasteiger partial charge in [-0.1, -0.05) is 28.1 Å². The van der Waals surface area contributed by atoms with E-state index in [0.29, 0.717) is 11.3 Å². The summed E-state index contributed by atoms with van der Waals surface area (Å²) >= 11 is 3.41. The van der Waals surface area contributed by atoms with Crippen LogP contribution in [0, 0.1) is 0 Å². The molecule has 0 saturated carbocycles. The number of allylic oxidation sites excluding steroid dienone is 1. The van der Waals surface area contributed by atoms with E-state index >= 15 is 0 Å². The van der Waals surface area contributed by atoms with Crippen LogP contribution in [0.1, 0.15) is 18.5 Å². The van der Waals surface area contributed by atoms with E-state index in [4.69, 9.17) is 0 Å². The van der Waals surface area contributed by atoms with Crippen molar-refractivity contribution in [3.63, 3.8) is 0 Å². The van der Waals surface area contributed by atoms with Crippen LogP contribution in [0.25, 0.3) is 0 Å². The fourth-order valence-electron chi connectivity index (χ4n) is 2.15. The van der Waals surface area contributed by atoms with Crippen molar-refractivity contribution in [3.05, 3.63) is 45.6 Å². The summed E-state index contributed by atoms with van der Waals surface area (Å²) in [7, 11) is 3.38. The van der Waals surface area contributed by atoms with E-state index in [-0.39, 0.29) is 11.9 Å². The molecule has 1 aliphatic rings. The molecular weight excluding hydrogens is 322 g/mol. The maximum atomic E-state index is 12.3. The molecule has 106 valence electrons. The summed E-state index contributed by atoms with van der Waals surface area (Å²) in [6.45, 7) is 1.74. The van der Waals surface area contributed by atoms with Crippen molar-refractivity contribution in [2.75, 3.05) is 14.1 Å². The molecule has 2 rings (SSSR count). The minimum atomic E-state index is -0.448. The number of likely N-dealkylation sites (N-methyl/N-ethyl adjacent to an activating group) is 1. The standard InChI is InChI=1S/C14H16BrN3O2/c1-8-11(13(19)18(2)3)12(17-14(20)16-8)9-5-4-6-10(15)7-9/h4-7,12H,1-3H3,(H2,16,17,20)/t12-/m1/s1. The van der Waals surface area contributed by atoms with Gasteiger partial charge in [0.2, 0.25) is 0 Å². The summed E-state index contributed by atoms with van der Waals surface area (Å²) in [5, 5.41) is 5.45. The third-order valence-electron chi connectivity index (χ3n) is 3.09. The quantitative estimate of drug-likeness (QED) is 0.868. The average Bonchev–Trinajstić information content (AvgIpc) is 2.37. The van der Waals surface area contributed by atoms with Crippen LogP contribution in [0.5, 0.6) is 0 Å². The highest BCUT2D eigenvalue weighted by Gasteiger charge is 2.31. The SMILES string of the molecule is CC1=C(C(=O)N(C)C)[C@@H](c2cccc(Br)c2)NC(=O)N1. The molecule has 3 amide bonds. The minimum Gasteiger partial charge on any atom is -0.345 e. The third-order valence-corrected chi connectivity index (χ3v) is 3.58. The Morgan fingerprint density at radius 1 is 1.35 bits per heavy atom. The summed E-state index contributed by atoms with van der Waals surface area (Å²) in [5.74, 6) is -0.125. The van der Waals surface area contributed by atoms with E-state index in [9.17, 15) is 9.59 Å². The number of nitrogens with one attached hydrogen (secondary N) is 2. The largest absolute Gasteiger partial charge is 0.345 e. The van der Waals surface area contributed by atoms with Crippen molar-refractivity contribution >= 4 is 27.9 Å². The van der Waals surface area contributed by atoms with E-state index in [1.54, 1.807) is 21.0 Å². The molecule has 0 unspecified atom stereocenters. The van der Waals surface area contributed by atoms with Gasteiger partial charge in [0.15, 0.2) is 0 Å². The number of amides is 3. The third kappa shape index (κ3) is 2.85. The van der Waals surface area contributed by atoms with Crippen LogP contribution in [0.15, 0.2) is 40.0 Å². The second-order valence-corrected chi connectivity index (χ2v) is 5.74. The minimum absolute atomic E-state index is 0.125. The number of rotatable bonds is 2. The molecule has 6 heteroatoms. The molecule has 5 nitrogen and oxygen atoms in total. The van der Waals surface area contributed by atoms with Gasteiger partial charge in [0.05, 0.1) is 11.6 Å². The van der Waals surface area contributed by atoms with Gasteiger partial charge in [0, 0.05) is 24.3 Å². The number of hydrogen-bond donors (Lipinski definition) is 2. The first kappa shape index (κ1) is 14.6. The van der Waals surface area contributed by atoms with Gasteiger partial charge >= 0.3 is 6.03 Å². The number of carbonyl (C=O) groups excluding carboxylic acids is 2. The lowest BCUT2D eigenvalue weighted by Crippen LogP contribution is -2.46. The van der Waals surface area contributed by atoms with Gasteiger partial charge in [-0.05, 0) is 24.6 Å². The monoisotopic (exact) mass is 337 g/mol. The van der Waals surface area contributed by atoms with Gasteiger partial charge in [0.1, 0.15) is 0 Å². The van der Waals surface area contributed by atoms with Crippen LogP contribution in [-0.4, -0.2) is 30.9 Å². The summed E-state index contributed by atoms with van der Waals surface area (Å²) in [6, 6.07) is 6.81. The zero-order valence-corrected chi connectivity index (χ0v) is 13.1. The van der Waals surface area contributed by atoms with Crippen molar-refractivity contribution in [3.8, 4) is 0 Å². The van der Waals surface area contributed by atoms with Gasteiger partial charge in [0.25, 0.3) is 5.91 Å². The smallest absolute Gasteiger partial charge is 0.319 e. The Morgan fingerprint density at radius 2 is 2.05 bits per heavy atom. The van der Waals surface area contributed by atoms with Crippen LogP contribution in [-0.2, 0) is 4.79 Å². The van der Waals surface area contributed by atoms with E-state index in [1.807, 2.05) is 24.3 Å². The fourth-order valence-corrected chi connectivity index (χ4v) is 2.57. The zero-order valence-electron chi connectivity index (χ0n) is 11.5. The number of halogens is 1. The molecule has 20 heavy (non-hydrogen) atoms. The van der Waals surface area contributed by atoms with Crippen molar-refractivity contribution in [2.45, 2.75) is 13.0 Å². The van der Waals surface area contributed by atoms with Crippen LogP contribution >= 0.6 is 15.9 Å². The van der Waals surface area contributed by atoms with E-state index < -0.39 is 6.04 Å². The Bertz CT molecular complexity index is 596. The molecule has 0 aromatic heterocycles. The predicted molar refractivity (Wildman–Crippen MR) is 79.9 cm³/mol. The van der Waals surface area contributed by atoms with Crippen LogP contribution in [0.4, 0.5) is 4.79 Å². The Morgan fingerprint density at radius 3 is 2.65 bits per heavy atom. The molecule has 1 aromatic carbocycles. The van der Waals surface area contributed by atoms with Crippen molar-refractivity contribution in [1.82, 2.24) is 15.5 Å². The molecule has 1 aliphatic heterocycles. The van der Waals surface area contributed by atoms with Gasteiger partial charge in [-0.15, -0.1) is 0 Å². The highest BCUT2D eigenvalue weighted by atomic mass is 79.9. The van der Waals surface area contributed by atoms with E-state index in [0.717, 1.165) is 10.0 Å². The molecule has 0 aliphatic carbocycles. The molecular formula is C14H16BrN3O2. The van der Waals surface area contributed by atoms with E-state index in [1.165, 1.54) is 4.90 Å². The van der Waals surface area contributed by atoms with Crippen molar-refractivity contribution < 1.29 is 9.59 Å². The van der Waals surface area contributed by atoms with Crippen LogP contribution < -0.4 is 10.6 Å². The topological polar surface area (TPSA) is 61.4 Å². The Hall–Kier alpha value is -1.82. The zero-order chi connectivity index (χ0) is 14.9. The Labute approximate surface area is 126 Å². The lowest BCUT2D eigenvalue weighted by atomic mass is 9.95. The number of carbonyl (C=O) groups is 2. The summed E-state index contributed by atoms with van der Waals surface area (Å²) in [4.78, 5) is 25.5. The average molecular weight is 338 g/mol.